The van der Waals surface area contributed by atoms with Crippen LogP contribution in [0.25, 0.3) is 0 Å². The molecule has 204 valence electrons. The largest absolute Gasteiger partial charge is 0.481 e. The van der Waals surface area contributed by atoms with E-state index in [2.05, 4.69) is 21.2 Å². The summed E-state index contributed by atoms with van der Waals surface area (Å²) in [6, 6.07) is 5.16. The number of rotatable bonds is 7. The van der Waals surface area contributed by atoms with Crippen LogP contribution in [0.1, 0.15) is 39.5 Å². The number of carbonyl (C=O) groups excluding carboxylic acids is 1. The Labute approximate surface area is 226 Å². The van der Waals surface area contributed by atoms with E-state index in [0.717, 1.165) is 4.47 Å². The Morgan fingerprint density at radius 2 is 1.50 bits per heavy atom. The van der Waals surface area contributed by atoms with E-state index in [0.29, 0.717) is 49.5 Å². The first-order valence-corrected chi connectivity index (χ1v) is 16.1. The lowest BCUT2D eigenvalue weighted by atomic mass is 9.99. The predicted octanol–water partition coefficient (Wildman–Crippen LogP) is 3.24. The molecule has 10 nitrogen and oxygen atoms in total. The summed E-state index contributed by atoms with van der Waals surface area (Å²) in [4.78, 5) is 23.0. The van der Waals surface area contributed by atoms with Crippen LogP contribution in [0.2, 0.25) is 5.02 Å². The van der Waals surface area contributed by atoms with E-state index in [-0.39, 0.29) is 36.4 Å². The fourth-order valence-corrected chi connectivity index (χ4v) is 6.78. The second-order valence-corrected chi connectivity index (χ2v) is 14.4. The lowest BCUT2D eigenvalue weighted by molar-refractivity contribution is -0.142. The zero-order valence-electron chi connectivity index (χ0n) is 20.3. The van der Waals surface area contributed by atoms with Gasteiger partial charge in [0.2, 0.25) is 26.0 Å². The quantitative estimate of drug-likeness (QED) is 0.471. The van der Waals surface area contributed by atoms with Crippen molar-refractivity contribution >= 4 is 65.1 Å². The minimum Gasteiger partial charge on any atom is -0.481 e. The number of carbonyl (C=O) groups is 2. The number of amides is 1. The van der Waals surface area contributed by atoms with E-state index in [1.165, 1.54) is 8.61 Å². The van der Waals surface area contributed by atoms with Crippen LogP contribution in [0, 0.1) is 11.8 Å². The van der Waals surface area contributed by atoms with Crippen molar-refractivity contribution in [2.24, 2.45) is 11.8 Å². The van der Waals surface area contributed by atoms with Gasteiger partial charge in [-0.3, -0.25) is 9.59 Å². The van der Waals surface area contributed by atoms with Gasteiger partial charge in [-0.15, -0.1) is 0 Å². The predicted molar refractivity (Wildman–Crippen MR) is 143 cm³/mol. The number of nitrogens with zero attached hydrogens (tertiary/aromatic N) is 2. The van der Waals surface area contributed by atoms with Crippen LogP contribution in [0.15, 0.2) is 22.7 Å². The summed E-state index contributed by atoms with van der Waals surface area (Å²) in [6.45, 7) is 4.50. The Morgan fingerprint density at radius 1 is 1.00 bits per heavy atom. The SMILES string of the molecule is CCS(=O)(=O)N1CCC[C@H](C(=O)Nc2ccc(Br)c(Cl)c2)C1.CCS(=O)(=O)N1CCC[C@H](C(=O)O)C1. The first kappa shape index (κ1) is 31.0. The van der Waals surface area contributed by atoms with Crippen molar-refractivity contribution in [2.75, 3.05) is 43.0 Å². The van der Waals surface area contributed by atoms with Crippen LogP contribution in [0.5, 0.6) is 0 Å². The summed E-state index contributed by atoms with van der Waals surface area (Å²) in [5, 5.41) is 12.1. The van der Waals surface area contributed by atoms with Crippen LogP contribution in [0.3, 0.4) is 0 Å². The van der Waals surface area contributed by atoms with Gasteiger partial charge in [-0.2, -0.15) is 0 Å². The van der Waals surface area contributed by atoms with Crippen molar-refractivity contribution < 1.29 is 31.5 Å². The third-order valence-corrected chi connectivity index (χ3v) is 11.1. The van der Waals surface area contributed by atoms with Gasteiger partial charge in [-0.1, -0.05) is 11.6 Å². The van der Waals surface area contributed by atoms with Crippen molar-refractivity contribution in [2.45, 2.75) is 39.5 Å². The van der Waals surface area contributed by atoms with Gasteiger partial charge in [0.15, 0.2) is 0 Å². The van der Waals surface area contributed by atoms with Gasteiger partial charge in [-0.25, -0.2) is 25.4 Å². The Bertz CT molecular complexity index is 1150. The molecule has 2 aliphatic heterocycles. The number of carboxylic acids is 1. The number of hydrogen-bond donors (Lipinski definition) is 2. The van der Waals surface area contributed by atoms with E-state index < -0.39 is 31.9 Å². The normalized spacial score (nSPS) is 21.8. The maximum Gasteiger partial charge on any atom is 0.307 e. The molecule has 1 aromatic carbocycles. The molecule has 2 N–H and O–H groups in total. The average Bonchev–Trinajstić information content (AvgIpc) is 2.86. The van der Waals surface area contributed by atoms with Crippen molar-refractivity contribution in [3.05, 3.63) is 27.7 Å². The minimum atomic E-state index is -3.25. The Morgan fingerprint density at radius 3 is 1.97 bits per heavy atom. The molecule has 2 heterocycles. The molecule has 0 bridgehead atoms. The number of nitrogens with one attached hydrogen (secondary N) is 1. The summed E-state index contributed by atoms with van der Waals surface area (Å²) in [5.74, 6) is -1.85. The van der Waals surface area contributed by atoms with Crippen LogP contribution in [-0.4, -0.2) is 80.1 Å². The number of hydrogen-bond acceptors (Lipinski definition) is 6. The van der Waals surface area contributed by atoms with Gasteiger partial charge < -0.3 is 10.4 Å². The summed E-state index contributed by atoms with van der Waals surface area (Å²) < 4.78 is 50.2. The smallest absolute Gasteiger partial charge is 0.307 e. The lowest BCUT2D eigenvalue weighted by Gasteiger charge is -2.30. The molecule has 1 amide bonds. The van der Waals surface area contributed by atoms with Gasteiger partial charge in [-0.05, 0) is 73.7 Å². The zero-order chi connectivity index (χ0) is 27.1. The van der Waals surface area contributed by atoms with E-state index >= 15 is 0 Å². The highest BCUT2D eigenvalue weighted by Gasteiger charge is 2.32. The van der Waals surface area contributed by atoms with Gasteiger partial charge >= 0.3 is 5.97 Å². The highest BCUT2D eigenvalue weighted by atomic mass is 79.9. The second kappa shape index (κ2) is 13.5. The molecule has 0 unspecified atom stereocenters. The highest BCUT2D eigenvalue weighted by molar-refractivity contribution is 9.10. The fourth-order valence-electron chi connectivity index (χ4n) is 3.99. The van der Waals surface area contributed by atoms with Gasteiger partial charge in [0, 0.05) is 36.3 Å². The molecule has 0 spiro atoms. The first-order chi connectivity index (χ1) is 16.8. The van der Waals surface area contributed by atoms with Crippen LogP contribution in [-0.2, 0) is 29.6 Å². The van der Waals surface area contributed by atoms with E-state index in [4.69, 9.17) is 16.7 Å². The fraction of sp³-hybridized carbons (Fsp3) is 0.636. The molecular weight excluding hydrogens is 598 g/mol. The number of aliphatic carboxylic acids is 1. The van der Waals surface area contributed by atoms with Crippen LogP contribution < -0.4 is 5.32 Å². The molecule has 2 atom stereocenters. The van der Waals surface area contributed by atoms with E-state index in [1.54, 1.807) is 32.0 Å². The molecule has 2 aliphatic rings. The molecule has 36 heavy (non-hydrogen) atoms. The molecule has 14 heteroatoms. The van der Waals surface area contributed by atoms with Gasteiger partial charge in [0.25, 0.3) is 0 Å². The van der Waals surface area contributed by atoms with Gasteiger partial charge in [0.1, 0.15) is 0 Å². The summed E-state index contributed by atoms with van der Waals surface area (Å²) in [5.41, 5.74) is 0.605. The standard InChI is InChI=1S/C14H18BrClN2O3S.C8H15NO4S/c1-2-22(20,21)18-7-3-4-10(9-18)14(19)17-11-5-6-12(15)13(16)8-11;1-2-14(12,13)9-5-3-4-7(6-9)8(10)11/h5-6,8,10H,2-4,7,9H2,1H3,(H,17,19);7H,2-6H2,1H3,(H,10,11)/t10-;7-/m00/s1. The monoisotopic (exact) mass is 629 g/mol. The third-order valence-electron chi connectivity index (χ3n) is 6.19. The van der Waals surface area contributed by atoms with Crippen LogP contribution >= 0.6 is 27.5 Å². The molecule has 0 saturated carbocycles. The van der Waals surface area contributed by atoms with Gasteiger partial charge in [0.05, 0.1) is 28.4 Å². The van der Waals surface area contributed by atoms with Crippen molar-refractivity contribution in [1.82, 2.24) is 8.61 Å². The number of sulfonamides is 2. The molecular formula is C22H33BrClN3O7S2. The topological polar surface area (TPSA) is 141 Å². The molecule has 2 fully saturated rings. The lowest BCUT2D eigenvalue weighted by Crippen LogP contribution is -2.44. The number of halogens is 2. The van der Waals surface area contributed by atoms with E-state index in [1.807, 2.05) is 0 Å². The van der Waals surface area contributed by atoms with Crippen molar-refractivity contribution in [3.63, 3.8) is 0 Å². The van der Waals surface area contributed by atoms with Crippen molar-refractivity contribution in [1.29, 1.82) is 0 Å². The first-order valence-electron chi connectivity index (χ1n) is 11.7. The molecule has 0 radical (unpaired) electrons. The van der Waals surface area contributed by atoms with Crippen LogP contribution in [0.4, 0.5) is 5.69 Å². The second-order valence-electron chi connectivity index (χ2n) is 8.65. The Hall–Kier alpha value is -1.25. The Kier molecular flexibility index (Phi) is 11.6. The highest BCUT2D eigenvalue weighted by Crippen LogP contribution is 2.27. The molecule has 0 aliphatic carbocycles. The number of carboxylic acid groups (broad SMARTS) is 1. The molecule has 0 aromatic heterocycles. The number of anilines is 1. The molecule has 2 saturated heterocycles. The third kappa shape index (κ3) is 8.66. The number of benzene rings is 1. The summed E-state index contributed by atoms with van der Waals surface area (Å²) in [7, 11) is -6.46. The molecule has 3 rings (SSSR count). The van der Waals surface area contributed by atoms with Crippen molar-refractivity contribution in [3.8, 4) is 0 Å². The Balaban J connectivity index is 0.000000281. The maximum atomic E-state index is 12.3. The minimum absolute atomic E-state index is 0.0410. The maximum absolute atomic E-state index is 12.3. The number of piperidine rings is 2. The summed E-state index contributed by atoms with van der Waals surface area (Å²) >= 11 is 9.29. The average molecular weight is 631 g/mol. The summed E-state index contributed by atoms with van der Waals surface area (Å²) in [6.07, 6.45) is 2.59. The van der Waals surface area contributed by atoms with E-state index in [9.17, 15) is 26.4 Å². The zero-order valence-corrected chi connectivity index (χ0v) is 24.3. The molecule has 1 aromatic rings.